The van der Waals surface area contributed by atoms with Crippen molar-refractivity contribution in [3.05, 3.63) is 81.1 Å². The quantitative estimate of drug-likeness (QED) is 0.755. The number of anilines is 1. The van der Waals surface area contributed by atoms with Crippen molar-refractivity contribution in [3.8, 4) is 11.3 Å². The molecular weight excluding hydrogens is 361 g/mol. The van der Waals surface area contributed by atoms with E-state index in [0.29, 0.717) is 21.4 Å². The standard InChI is InChI=1S/C18H13Cl2N3O2/c19-14-7-6-13(10-15(14)20)21-17(24)11-23-18(25)9-8-16(22-23)12-4-2-1-3-5-12/h1-10H,11H2,(H,21,24). The van der Waals surface area contributed by atoms with Crippen LogP contribution in [0.5, 0.6) is 0 Å². The molecule has 7 heteroatoms. The highest BCUT2D eigenvalue weighted by molar-refractivity contribution is 6.42. The Morgan fingerprint density at radius 3 is 2.48 bits per heavy atom. The molecule has 0 bridgehead atoms. The number of halogens is 2. The molecule has 0 saturated heterocycles. The third-order valence-corrected chi connectivity index (χ3v) is 4.17. The lowest BCUT2D eigenvalue weighted by atomic mass is 10.1. The first-order valence-electron chi connectivity index (χ1n) is 7.41. The first-order chi connectivity index (χ1) is 12.0. The van der Waals surface area contributed by atoms with Crippen LogP contribution in [-0.4, -0.2) is 15.7 Å². The van der Waals surface area contributed by atoms with Gasteiger partial charge in [-0.1, -0.05) is 53.5 Å². The molecule has 5 nitrogen and oxygen atoms in total. The Morgan fingerprint density at radius 1 is 1.00 bits per heavy atom. The molecule has 0 saturated carbocycles. The van der Waals surface area contributed by atoms with E-state index in [2.05, 4.69) is 10.4 Å². The maximum atomic E-state index is 12.2. The molecule has 3 rings (SSSR count). The van der Waals surface area contributed by atoms with E-state index in [0.717, 1.165) is 10.2 Å². The largest absolute Gasteiger partial charge is 0.324 e. The Bertz CT molecular complexity index is 972. The highest BCUT2D eigenvalue weighted by Crippen LogP contribution is 2.25. The average Bonchev–Trinajstić information content (AvgIpc) is 2.61. The average molecular weight is 374 g/mol. The van der Waals surface area contributed by atoms with Gasteiger partial charge in [0.25, 0.3) is 5.56 Å². The molecule has 1 heterocycles. The van der Waals surface area contributed by atoms with Crippen LogP contribution >= 0.6 is 23.2 Å². The second kappa shape index (κ2) is 7.51. The fourth-order valence-electron chi connectivity index (χ4n) is 2.24. The van der Waals surface area contributed by atoms with Crippen molar-refractivity contribution in [2.75, 3.05) is 5.32 Å². The van der Waals surface area contributed by atoms with Gasteiger partial charge < -0.3 is 5.32 Å². The number of hydrogen-bond donors (Lipinski definition) is 1. The fraction of sp³-hybridized carbons (Fsp3) is 0.0556. The fourth-order valence-corrected chi connectivity index (χ4v) is 2.53. The summed E-state index contributed by atoms with van der Waals surface area (Å²) in [4.78, 5) is 24.2. The molecule has 1 amide bonds. The van der Waals surface area contributed by atoms with E-state index >= 15 is 0 Å². The number of carbonyl (C=O) groups is 1. The van der Waals surface area contributed by atoms with E-state index in [4.69, 9.17) is 23.2 Å². The molecule has 0 aliphatic heterocycles. The normalized spacial score (nSPS) is 10.5. The minimum absolute atomic E-state index is 0.209. The highest BCUT2D eigenvalue weighted by Gasteiger charge is 2.09. The van der Waals surface area contributed by atoms with E-state index in [9.17, 15) is 9.59 Å². The van der Waals surface area contributed by atoms with Crippen LogP contribution in [-0.2, 0) is 11.3 Å². The van der Waals surface area contributed by atoms with Crippen molar-refractivity contribution in [2.24, 2.45) is 0 Å². The first kappa shape index (κ1) is 17.2. The third-order valence-electron chi connectivity index (χ3n) is 3.43. The molecule has 0 unspecified atom stereocenters. The zero-order valence-corrected chi connectivity index (χ0v) is 14.5. The molecule has 0 fully saturated rings. The van der Waals surface area contributed by atoms with E-state index in [-0.39, 0.29) is 12.1 Å². The van der Waals surface area contributed by atoms with Gasteiger partial charge in [-0.15, -0.1) is 0 Å². The number of hydrogen-bond acceptors (Lipinski definition) is 3. The van der Waals surface area contributed by atoms with Crippen molar-refractivity contribution in [2.45, 2.75) is 6.54 Å². The van der Waals surface area contributed by atoms with E-state index in [1.807, 2.05) is 30.3 Å². The summed E-state index contributed by atoms with van der Waals surface area (Å²) in [6.45, 7) is -0.209. The van der Waals surface area contributed by atoms with Crippen LogP contribution in [0, 0.1) is 0 Å². The van der Waals surface area contributed by atoms with Gasteiger partial charge in [0.1, 0.15) is 6.54 Å². The number of amides is 1. The molecule has 1 N–H and O–H groups in total. The molecule has 25 heavy (non-hydrogen) atoms. The molecule has 3 aromatic rings. The number of carbonyl (C=O) groups excluding carboxylic acids is 1. The molecule has 0 spiro atoms. The number of nitrogens with zero attached hydrogens (tertiary/aromatic N) is 2. The monoisotopic (exact) mass is 373 g/mol. The number of nitrogens with one attached hydrogen (secondary N) is 1. The van der Waals surface area contributed by atoms with Crippen LogP contribution in [0.3, 0.4) is 0 Å². The summed E-state index contributed by atoms with van der Waals surface area (Å²) in [5, 5.41) is 7.65. The SMILES string of the molecule is O=C(Cn1nc(-c2ccccc2)ccc1=O)Nc1ccc(Cl)c(Cl)c1. The number of aromatic nitrogens is 2. The second-order valence-electron chi connectivity index (χ2n) is 5.26. The molecular formula is C18H13Cl2N3O2. The maximum absolute atomic E-state index is 12.2. The zero-order valence-electron chi connectivity index (χ0n) is 12.9. The van der Waals surface area contributed by atoms with Crippen LogP contribution in [0.2, 0.25) is 10.0 Å². The van der Waals surface area contributed by atoms with E-state index < -0.39 is 5.91 Å². The highest BCUT2D eigenvalue weighted by atomic mass is 35.5. The Labute approximate surface area is 153 Å². The molecule has 2 aromatic carbocycles. The van der Waals surface area contributed by atoms with Crippen LogP contribution in [0.4, 0.5) is 5.69 Å². The van der Waals surface area contributed by atoms with Crippen LogP contribution < -0.4 is 10.9 Å². The maximum Gasteiger partial charge on any atom is 0.267 e. The van der Waals surface area contributed by atoms with Crippen LogP contribution in [0.15, 0.2) is 65.5 Å². The summed E-state index contributed by atoms with van der Waals surface area (Å²) < 4.78 is 1.12. The van der Waals surface area contributed by atoms with Crippen LogP contribution in [0.25, 0.3) is 11.3 Å². The molecule has 0 aliphatic rings. The summed E-state index contributed by atoms with van der Waals surface area (Å²) in [6, 6.07) is 17.2. The summed E-state index contributed by atoms with van der Waals surface area (Å²) in [5.74, 6) is -0.391. The predicted octanol–water partition coefficient (Wildman–Crippen LogP) is 3.86. The van der Waals surface area contributed by atoms with Gasteiger partial charge in [0.15, 0.2) is 0 Å². The first-order valence-corrected chi connectivity index (χ1v) is 8.17. The van der Waals surface area contributed by atoms with Crippen molar-refractivity contribution >= 4 is 34.8 Å². The van der Waals surface area contributed by atoms with Crippen molar-refractivity contribution in [1.29, 1.82) is 0 Å². The molecule has 1 aromatic heterocycles. The van der Waals surface area contributed by atoms with Gasteiger partial charge >= 0.3 is 0 Å². The van der Waals surface area contributed by atoms with E-state index in [1.54, 1.807) is 24.3 Å². The summed E-state index contributed by atoms with van der Waals surface area (Å²) >= 11 is 11.8. The third kappa shape index (κ3) is 4.26. The zero-order chi connectivity index (χ0) is 17.8. The second-order valence-corrected chi connectivity index (χ2v) is 6.07. The van der Waals surface area contributed by atoms with Crippen LogP contribution in [0.1, 0.15) is 0 Å². The topological polar surface area (TPSA) is 64.0 Å². The van der Waals surface area contributed by atoms with Gasteiger partial charge in [-0.05, 0) is 24.3 Å². The molecule has 0 radical (unpaired) electrons. The lowest BCUT2D eigenvalue weighted by Crippen LogP contribution is -2.29. The summed E-state index contributed by atoms with van der Waals surface area (Å²) in [7, 11) is 0. The minimum Gasteiger partial charge on any atom is -0.324 e. The summed E-state index contributed by atoms with van der Waals surface area (Å²) in [5.41, 5.74) is 1.61. The van der Waals surface area contributed by atoms with Crippen molar-refractivity contribution in [3.63, 3.8) is 0 Å². The van der Waals surface area contributed by atoms with Gasteiger partial charge in [0, 0.05) is 17.3 Å². The van der Waals surface area contributed by atoms with E-state index in [1.165, 1.54) is 6.07 Å². The molecule has 0 aliphatic carbocycles. The minimum atomic E-state index is -0.391. The number of benzene rings is 2. The number of rotatable bonds is 4. The van der Waals surface area contributed by atoms with Gasteiger partial charge in [-0.3, -0.25) is 9.59 Å². The van der Waals surface area contributed by atoms with Crippen molar-refractivity contribution < 1.29 is 4.79 Å². The van der Waals surface area contributed by atoms with Gasteiger partial charge in [0.2, 0.25) is 5.91 Å². The summed E-state index contributed by atoms with van der Waals surface area (Å²) in [6.07, 6.45) is 0. The molecule has 0 atom stereocenters. The Balaban J connectivity index is 1.79. The van der Waals surface area contributed by atoms with Crippen molar-refractivity contribution in [1.82, 2.24) is 9.78 Å². The lowest BCUT2D eigenvalue weighted by Gasteiger charge is -2.09. The lowest BCUT2D eigenvalue weighted by molar-refractivity contribution is -0.117. The predicted molar refractivity (Wildman–Crippen MR) is 99.0 cm³/mol. The Morgan fingerprint density at radius 2 is 1.76 bits per heavy atom. The Hall–Kier alpha value is -2.63. The van der Waals surface area contributed by atoms with Gasteiger partial charge in [-0.2, -0.15) is 5.10 Å². The van der Waals surface area contributed by atoms with Gasteiger partial charge in [-0.25, -0.2) is 4.68 Å². The molecule has 126 valence electrons. The van der Waals surface area contributed by atoms with Gasteiger partial charge in [0.05, 0.1) is 15.7 Å². The Kier molecular flexibility index (Phi) is 5.16. The smallest absolute Gasteiger partial charge is 0.267 e.